The Labute approximate surface area is 83.0 Å². The average molecular weight is 247 g/mol. The summed E-state index contributed by atoms with van der Waals surface area (Å²) >= 11 is 3.13. The first-order valence-electron chi connectivity index (χ1n) is 3.58. The molecule has 0 radical (unpaired) electrons. The summed E-state index contributed by atoms with van der Waals surface area (Å²) in [5.74, 6) is 0.0291. The normalized spacial score (nSPS) is 9.69. The van der Waals surface area contributed by atoms with E-state index in [0.717, 1.165) is 0 Å². The second kappa shape index (κ2) is 4.18. The number of pyridine rings is 1. The highest BCUT2D eigenvalue weighted by atomic mass is 79.9. The molecular weight excluding hydrogens is 240 g/mol. The molecule has 1 aromatic heterocycles. The van der Waals surface area contributed by atoms with Crippen molar-refractivity contribution in [3.63, 3.8) is 0 Å². The molecule has 0 atom stereocenters. The first-order chi connectivity index (χ1) is 6.13. The number of hydrogen-bond donors (Lipinski definition) is 0. The van der Waals surface area contributed by atoms with Gasteiger partial charge in [0, 0.05) is 15.5 Å². The number of halogens is 1. The SMILES string of the molecule is CCOc1cc(Br)cc([N+](=O)[O-])n1. The lowest BCUT2D eigenvalue weighted by molar-refractivity contribution is -0.389. The van der Waals surface area contributed by atoms with Gasteiger partial charge in [-0.05, 0) is 11.8 Å². The minimum absolute atomic E-state index is 0.224. The molecule has 0 aliphatic rings. The summed E-state index contributed by atoms with van der Waals surface area (Å²) in [6.45, 7) is 2.22. The average Bonchev–Trinajstić information content (AvgIpc) is 2.03. The van der Waals surface area contributed by atoms with Gasteiger partial charge in [-0.2, -0.15) is 0 Å². The van der Waals surface area contributed by atoms with E-state index in [1.807, 2.05) is 0 Å². The maximum absolute atomic E-state index is 10.4. The van der Waals surface area contributed by atoms with Crippen molar-refractivity contribution in [2.75, 3.05) is 6.61 Å². The van der Waals surface area contributed by atoms with Gasteiger partial charge in [0.1, 0.15) is 0 Å². The summed E-state index contributed by atoms with van der Waals surface area (Å²) in [5, 5.41) is 10.4. The molecule has 0 unspecified atom stereocenters. The molecule has 70 valence electrons. The summed E-state index contributed by atoms with van der Waals surface area (Å²) in [4.78, 5) is 13.5. The summed E-state index contributed by atoms with van der Waals surface area (Å²) in [6.07, 6.45) is 0. The van der Waals surface area contributed by atoms with Crippen LogP contribution in [-0.2, 0) is 0 Å². The van der Waals surface area contributed by atoms with E-state index in [-0.39, 0.29) is 11.7 Å². The maximum atomic E-state index is 10.4. The molecule has 0 aromatic carbocycles. The van der Waals surface area contributed by atoms with Gasteiger partial charge in [0.15, 0.2) is 0 Å². The van der Waals surface area contributed by atoms with Crippen molar-refractivity contribution in [2.45, 2.75) is 6.92 Å². The number of hydrogen-bond acceptors (Lipinski definition) is 4. The largest absolute Gasteiger partial charge is 0.460 e. The van der Waals surface area contributed by atoms with Gasteiger partial charge in [0.25, 0.3) is 0 Å². The van der Waals surface area contributed by atoms with E-state index in [4.69, 9.17) is 4.74 Å². The van der Waals surface area contributed by atoms with E-state index >= 15 is 0 Å². The molecule has 0 saturated heterocycles. The molecule has 0 aliphatic heterocycles. The van der Waals surface area contributed by atoms with Crippen molar-refractivity contribution in [3.05, 3.63) is 26.7 Å². The van der Waals surface area contributed by atoms with Crippen LogP contribution in [0.5, 0.6) is 5.88 Å². The third-order valence-electron chi connectivity index (χ3n) is 1.23. The van der Waals surface area contributed by atoms with Crippen LogP contribution in [0.15, 0.2) is 16.6 Å². The quantitative estimate of drug-likeness (QED) is 0.606. The number of nitro groups is 1. The number of rotatable bonds is 3. The van der Waals surface area contributed by atoms with Crippen molar-refractivity contribution >= 4 is 21.7 Å². The van der Waals surface area contributed by atoms with Crippen LogP contribution >= 0.6 is 15.9 Å². The first kappa shape index (κ1) is 9.91. The van der Waals surface area contributed by atoms with Crippen LogP contribution in [0.1, 0.15) is 6.92 Å². The van der Waals surface area contributed by atoms with Gasteiger partial charge >= 0.3 is 11.7 Å². The number of ether oxygens (including phenoxy) is 1. The summed E-state index contributed by atoms with van der Waals surface area (Å²) in [5.41, 5.74) is 0. The van der Waals surface area contributed by atoms with Crippen LogP contribution in [0.25, 0.3) is 0 Å². The second-order valence-electron chi connectivity index (χ2n) is 2.17. The summed E-state index contributed by atoms with van der Waals surface area (Å²) in [6, 6.07) is 2.90. The molecule has 0 saturated carbocycles. The smallest absolute Gasteiger partial charge is 0.368 e. The lowest BCUT2D eigenvalue weighted by Crippen LogP contribution is -1.98. The molecule has 1 heterocycles. The predicted octanol–water partition coefficient (Wildman–Crippen LogP) is 2.15. The van der Waals surface area contributed by atoms with Crippen molar-refractivity contribution < 1.29 is 9.66 Å². The highest BCUT2D eigenvalue weighted by molar-refractivity contribution is 9.10. The van der Waals surface area contributed by atoms with Crippen LogP contribution in [0.4, 0.5) is 5.82 Å². The minimum Gasteiger partial charge on any atom is -0.460 e. The van der Waals surface area contributed by atoms with Gasteiger partial charge in [-0.15, -0.1) is 0 Å². The zero-order chi connectivity index (χ0) is 9.84. The van der Waals surface area contributed by atoms with Crippen molar-refractivity contribution in [2.24, 2.45) is 0 Å². The Bertz CT molecular complexity index is 330. The highest BCUT2D eigenvalue weighted by Gasteiger charge is 2.12. The molecule has 5 nitrogen and oxygen atoms in total. The molecule has 1 aromatic rings. The van der Waals surface area contributed by atoms with Crippen molar-refractivity contribution in [1.29, 1.82) is 0 Å². The fourth-order valence-corrected chi connectivity index (χ4v) is 1.18. The van der Waals surface area contributed by atoms with Crippen molar-refractivity contribution in [3.8, 4) is 5.88 Å². The molecule has 13 heavy (non-hydrogen) atoms. The molecule has 0 fully saturated rings. The van der Waals surface area contributed by atoms with Gasteiger partial charge in [0.05, 0.1) is 12.7 Å². The van der Waals surface area contributed by atoms with E-state index in [1.165, 1.54) is 6.07 Å². The van der Waals surface area contributed by atoms with Gasteiger partial charge in [0.2, 0.25) is 0 Å². The Hall–Kier alpha value is -1.17. The van der Waals surface area contributed by atoms with Crippen LogP contribution in [0, 0.1) is 10.1 Å². The zero-order valence-electron chi connectivity index (χ0n) is 6.86. The fraction of sp³-hybridized carbons (Fsp3) is 0.286. The lowest BCUT2D eigenvalue weighted by atomic mass is 10.4. The first-order valence-corrected chi connectivity index (χ1v) is 4.37. The van der Waals surface area contributed by atoms with Gasteiger partial charge in [-0.3, -0.25) is 0 Å². The summed E-state index contributed by atoms with van der Waals surface area (Å²) < 4.78 is 5.61. The summed E-state index contributed by atoms with van der Waals surface area (Å²) in [7, 11) is 0. The van der Waals surface area contributed by atoms with Crippen LogP contribution < -0.4 is 4.74 Å². The van der Waals surface area contributed by atoms with Crippen LogP contribution in [-0.4, -0.2) is 16.5 Å². The Morgan fingerprint density at radius 3 is 2.92 bits per heavy atom. The zero-order valence-corrected chi connectivity index (χ0v) is 8.44. The van der Waals surface area contributed by atoms with Crippen LogP contribution in [0.3, 0.4) is 0 Å². The van der Waals surface area contributed by atoms with E-state index in [1.54, 1.807) is 13.0 Å². The molecule has 0 spiro atoms. The van der Waals surface area contributed by atoms with Crippen LogP contribution in [0.2, 0.25) is 0 Å². The van der Waals surface area contributed by atoms with Gasteiger partial charge in [-0.25, -0.2) is 0 Å². The third kappa shape index (κ3) is 2.66. The monoisotopic (exact) mass is 246 g/mol. The second-order valence-corrected chi connectivity index (χ2v) is 3.09. The highest BCUT2D eigenvalue weighted by Crippen LogP contribution is 2.21. The fourth-order valence-electron chi connectivity index (χ4n) is 0.776. The van der Waals surface area contributed by atoms with E-state index in [2.05, 4.69) is 20.9 Å². The van der Waals surface area contributed by atoms with E-state index in [0.29, 0.717) is 11.1 Å². The molecule has 0 amide bonds. The van der Waals surface area contributed by atoms with Gasteiger partial charge < -0.3 is 14.9 Å². The lowest BCUT2D eigenvalue weighted by Gasteiger charge is -1.98. The molecule has 1 rings (SSSR count). The predicted molar refractivity (Wildman–Crippen MR) is 49.8 cm³/mol. The Morgan fingerprint density at radius 1 is 1.69 bits per heavy atom. The van der Waals surface area contributed by atoms with Crippen molar-refractivity contribution in [1.82, 2.24) is 4.98 Å². The van der Waals surface area contributed by atoms with Gasteiger partial charge in [-0.1, -0.05) is 15.9 Å². The Balaban J connectivity index is 3.03. The molecular formula is C7H7BrN2O3. The molecule has 0 N–H and O–H groups in total. The molecule has 6 heteroatoms. The minimum atomic E-state index is -0.562. The number of nitrogens with zero attached hydrogens (tertiary/aromatic N) is 2. The van der Waals surface area contributed by atoms with E-state index in [9.17, 15) is 10.1 Å². The number of aromatic nitrogens is 1. The topological polar surface area (TPSA) is 65.3 Å². The molecule has 0 bridgehead atoms. The third-order valence-corrected chi connectivity index (χ3v) is 1.69. The standard InChI is InChI=1S/C7H7BrN2O3/c1-2-13-7-4-5(8)3-6(9-7)10(11)12/h3-4H,2H2,1H3. The Morgan fingerprint density at radius 2 is 2.38 bits per heavy atom. The van der Waals surface area contributed by atoms with E-state index < -0.39 is 4.92 Å². The maximum Gasteiger partial charge on any atom is 0.368 e. The molecule has 0 aliphatic carbocycles. The Kier molecular flexibility index (Phi) is 3.18.